The molecule has 112 valence electrons. The molecule has 1 heterocycles. The predicted octanol–water partition coefficient (Wildman–Crippen LogP) is 2.62. The second-order valence-corrected chi connectivity index (χ2v) is 5.83. The summed E-state index contributed by atoms with van der Waals surface area (Å²) in [5, 5.41) is 0.652. The Labute approximate surface area is 125 Å². The summed E-state index contributed by atoms with van der Waals surface area (Å²) >= 11 is 6.57. The molecule has 2 rings (SSSR count). The number of likely N-dealkylation sites (tertiary alicyclic amines) is 1. The Balaban J connectivity index is 2.50. The molecule has 0 amide bonds. The van der Waals surface area contributed by atoms with Crippen molar-refractivity contribution in [2.45, 2.75) is 19.4 Å². The Bertz CT molecular complexity index is 493. The van der Waals surface area contributed by atoms with Crippen molar-refractivity contribution >= 4 is 11.6 Å². The Hall–Kier alpha value is -0.970. The van der Waals surface area contributed by atoms with Crippen LogP contribution in [0.2, 0.25) is 5.02 Å². The summed E-state index contributed by atoms with van der Waals surface area (Å²) in [6, 6.07) is 2.21. The average molecular weight is 299 g/mol. The molecule has 0 aromatic heterocycles. The molecule has 1 aromatic carbocycles. The van der Waals surface area contributed by atoms with Gasteiger partial charge in [0.2, 0.25) is 0 Å². The lowest BCUT2D eigenvalue weighted by molar-refractivity contribution is 0.301. The van der Waals surface area contributed by atoms with Gasteiger partial charge >= 0.3 is 0 Å². The number of ether oxygens (including phenoxy) is 2. The van der Waals surface area contributed by atoms with Crippen molar-refractivity contribution in [1.82, 2.24) is 4.90 Å². The molecule has 1 fully saturated rings. The molecule has 0 aliphatic carbocycles. The minimum absolute atomic E-state index is 0.223. The summed E-state index contributed by atoms with van der Waals surface area (Å²) in [4.78, 5) is 2.29. The summed E-state index contributed by atoms with van der Waals surface area (Å²) in [5.74, 6) is 2.05. The van der Waals surface area contributed by atoms with Crippen molar-refractivity contribution in [2.75, 3.05) is 34.4 Å². The lowest BCUT2D eigenvalue weighted by atomic mass is 9.97. The Kier molecular flexibility index (Phi) is 4.78. The summed E-state index contributed by atoms with van der Waals surface area (Å²) in [6.45, 7) is 3.65. The molecule has 2 atom stereocenters. The van der Waals surface area contributed by atoms with E-state index in [1.165, 1.54) is 0 Å². The second-order valence-electron chi connectivity index (χ2n) is 5.45. The van der Waals surface area contributed by atoms with Gasteiger partial charge in [-0.3, -0.25) is 4.90 Å². The van der Waals surface area contributed by atoms with Gasteiger partial charge in [-0.05, 0) is 44.5 Å². The molecule has 0 spiro atoms. The zero-order valence-corrected chi connectivity index (χ0v) is 13.3. The van der Waals surface area contributed by atoms with E-state index in [1.54, 1.807) is 14.2 Å². The number of benzene rings is 1. The van der Waals surface area contributed by atoms with E-state index in [9.17, 15) is 0 Å². The van der Waals surface area contributed by atoms with Crippen LogP contribution in [0, 0.1) is 12.8 Å². The van der Waals surface area contributed by atoms with Gasteiger partial charge < -0.3 is 15.2 Å². The molecule has 0 saturated carbocycles. The van der Waals surface area contributed by atoms with Gasteiger partial charge in [0.1, 0.15) is 11.5 Å². The molecule has 1 aromatic rings. The lowest BCUT2D eigenvalue weighted by Crippen LogP contribution is -2.21. The van der Waals surface area contributed by atoms with Gasteiger partial charge in [-0.1, -0.05) is 11.6 Å². The maximum absolute atomic E-state index is 6.57. The van der Waals surface area contributed by atoms with Crippen molar-refractivity contribution < 1.29 is 9.47 Å². The molecule has 1 aliphatic rings. The highest BCUT2D eigenvalue weighted by Gasteiger charge is 2.34. The third-order valence-electron chi connectivity index (χ3n) is 4.13. The van der Waals surface area contributed by atoms with E-state index >= 15 is 0 Å². The van der Waals surface area contributed by atoms with Gasteiger partial charge in [0.15, 0.2) is 0 Å². The van der Waals surface area contributed by atoms with E-state index in [2.05, 4.69) is 11.9 Å². The van der Waals surface area contributed by atoms with E-state index in [1.807, 2.05) is 13.0 Å². The maximum atomic E-state index is 6.57. The van der Waals surface area contributed by atoms with Gasteiger partial charge in [0.05, 0.1) is 19.2 Å². The first-order valence-corrected chi connectivity index (χ1v) is 7.22. The van der Waals surface area contributed by atoms with Crippen LogP contribution in [0.1, 0.15) is 23.6 Å². The molecule has 1 saturated heterocycles. The van der Waals surface area contributed by atoms with Gasteiger partial charge in [-0.15, -0.1) is 0 Å². The monoisotopic (exact) mass is 298 g/mol. The molecular formula is C15H23ClN2O2. The van der Waals surface area contributed by atoms with Crippen LogP contribution in [0.25, 0.3) is 0 Å². The number of rotatable bonds is 4. The van der Waals surface area contributed by atoms with Crippen molar-refractivity contribution in [3.63, 3.8) is 0 Å². The van der Waals surface area contributed by atoms with Crippen LogP contribution in [0.5, 0.6) is 11.5 Å². The number of nitrogens with zero attached hydrogens (tertiary/aromatic N) is 1. The van der Waals surface area contributed by atoms with Gasteiger partial charge in [0, 0.05) is 18.2 Å². The summed E-state index contributed by atoms with van der Waals surface area (Å²) < 4.78 is 11.0. The molecule has 2 unspecified atom stereocenters. The van der Waals surface area contributed by atoms with Crippen LogP contribution in [-0.4, -0.2) is 39.3 Å². The van der Waals surface area contributed by atoms with Gasteiger partial charge in [0.25, 0.3) is 0 Å². The molecular weight excluding hydrogens is 276 g/mol. The van der Waals surface area contributed by atoms with E-state index in [-0.39, 0.29) is 6.04 Å². The quantitative estimate of drug-likeness (QED) is 0.928. The Morgan fingerprint density at radius 2 is 2.10 bits per heavy atom. The molecule has 0 radical (unpaired) electrons. The highest BCUT2D eigenvalue weighted by molar-refractivity contribution is 6.33. The number of methoxy groups -OCH3 is 2. The molecule has 4 nitrogen and oxygen atoms in total. The minimum atomic E-state index is 0.223. The number of hydrogen-bond acceptors (Lipinski definition) is 4. The largest absolute Gasteiger partial charge is 0.496 e. The lowest BCUT2D eigenvalue weighted by Gasteiger charge is -2.24. The van der Waals surface area contributed by atoms with Gasteiger partial charge in [-0.25, -0.2) is 0 Å². The summed E-state index contributed by atoms with van der Waals surface area (Å²) in [5.41, 5.74) is 7.80. The molecule has 2 N–H and O–H groups in total. The van der Waals surface area contributed by atoms with Crippen molar-refractivity contribution in [3.8, 4) is 11.5 Å². The van der Waals surface area contributed by atoms with Crippen LogP contribution in [-0.2, 0) is 0 Å². The number of hydrogen-bond donors (Lipinski definition) is 1. The van der Waals surface area contributed by atoms with Crippen LogP contribution in [0.3, 0.4) is 0 Å². The fourth-order valence-corrected chi connectivity index (χ4v) is 3.53. The first kappa shape index (κ1) is 15.4. The average Bonchev–Trinajstić information content (AvgIpc) is 2.79. The highest BCUT2D eigenvalue weighted by atomic mass is 35.5. The van der Waals surface area contributed by atoms with E-state index < -0.39 is 0 Å². The number of nitrogens with two attached hydrogens (primary N) is 1. The predicted molar refractivity (Wildman–Crippen MR) is 81.8 cm³/mol. The first-order valence-electron chi connectivity index (χ1n) is 6.84. The minimum Gasteiger partial charge on any atom is -0.496 e. The van der Waals surface area contributed by atoms with Crippen LogP contribution >= 0.6 is 11.6 Å². The standard InChI is InChI=1S/C15H23ClN2O2/c1-9-5-12(19-3)13(14(16)15(9)20-4)11-6-10(7-17)8-18(11)2/h5,10-11H,6-8,17H2,1-4H3. The van der Waals surface area contributed by atoms with Crippen molar-refractivity contribution in [1.29, 1.82) is 0 Å². The second kappa shape index (κ2) is 6.20. The molecule has 0 bridgehead atoms. The van der Waals surface area contributed by atoms with Gasteiger partial charge in [-0.2, -0.15) is 0 Å². The van der Waals surface area contributed by atoms with Crippen molar-refractivity contribution in [3.05, 3.63) is 22.2 Å². The van der Waals surface area contributed by atoms with E-state index in [0.717, 1.165) is 35.6 Å². The fraction of sp³-hybridized carbons (Fsp3) is 0.600. The van der Waals surface area contributed by atoms with E-state index in [4.69, 9.17) is 26.8 Å². The third kappa shape index (κ3) is 2.60. The zero-order valence-electron chi connectivity index (χ0n) is 12.6. The van der Waals surface area contributed by atoms with E-state index in [0.29, 0.717) is 17.5 Å². The van der Waals surface area contributed by atoms with Crippen molar-refractivity contribution in [2.24, 2.45) is 11.7 Å². The third-order valence-corrected chi connectivity index (χ3v) is 4.51. The SMILES string of the molecule is COc1cc(C)c(OC)c(Cl)c1C1CC(CN)CN1C. The summed E-state index contributed by atoms with van der Waals surface area (Å²) in [6.07, 6.45) is 0.995. The Morgan fingerprint density at radius 1 is 1.40 bits per heavy atom. The van der Waals surface area contributed by atoms with Crippen LogP contribution in [0.15, 0.2) is 6.07 Å². The Morgan fingerprint density at radius 3 is 2.60 bits per heavy atom. The molecule has 20 heavy (non-hydrogen) atoms. The smallest absolute Gasteiger partial charge is 0.140 e. The normalized spacial score (nSPS) is 23.1. The van der Waals surface area contributed by atoms with Crippen LogP contribution in [0.4, 0.5) is 0 Å². The number of aryl methyl sites for hydroxylation is 1. The first-order chi connectivity index (χ1) is 9.53. The maximum Gasteiger partial charge on any atom is 0.140 e. The zero-order chi connectivity index (χ0) is 14.9. The highest BCUT2D eigenvalue weighted by Crippen LogP contribution is 2.46. The summed E-state index contributed by atoms with van der Waals surface area (Å²) in [7, 11) is 5.42. The number of halogens is 1. The van der Waals surface area contributed by atoms with Crippen LogP contribution < -0.4 is 15.2 Å². The molecule has 1 aliphatic heterocycles. The molecule has 5 heteroatoms. The topological polar surface area (TPSA) is 47.7 Å². The fourth-order valence-electron chi connectivity index (χ4n) is 3.09.